The summed E-state index contributed by atoms with van der Waals surface area (Å²) in [6.45, 7) is -0.0926. The molecule has 0 aliphatic heterocycles. The molecule has 1 unspecified atom stereocenters. The molecule has 0 fully saturated rings. The van der Waals surface area contributed by atoms with Crippen LogP contribution in [0, 0.1) is 6.08 Å². The minimum Gasteiger partial charge on any atom is -0.554 e. The van der Waals surface area contributed by atoms with E-state index in [1.807, 2.05) is 18.2 Å². The third-order valence-corrected chi connectivity index (χ3v) is 22.7. The zero-order valence-electron chi connectivity index (χ0n) is 64.8. The Morgan fingerprint density at radius 1 is 0.286 bits per heavy atom. The number of allylic oxidation sites excluding steroid dienone is 6. The van der Waals surface area contributed by atoms with E-state index in [2.05, 4.69) is 502 Å². The molecule has 1 aliphatic rings. The van der Waals surface area contributed by atoms with Crippen LogP contribution in [0.5, 0.6) is 0 Å². The van der Waals surface area contributed by atoms with Crippen molar-refractivity contribution < 1.29 is 0 Å². The fourth-order valence-electron chi connectivity index (χ4n) is 16.8. The summed E-state index contributed by atoms with van der Waals surface area (Å²) < 4.78 is 10.5. The summed E-state index contributed by atoms with van der Waals surface area (Å²) >= 11 is 3.66. The van der Waals surface area contributed by atoms with Crippen LogP contribution in [0.1, 0.15) is 5.56 Å². The van der Waals surface area contributed by atoms with Crippen LogP contribution in [-0.2, 0) is 0 Å². The zero-order chi connectivity index (χ0) is 80.1. The Kier molecular flexibility index (Phi) is 21.8. The first kappa shape index (κ1) is 75.9. The van der Waals surface area contributed by atoms with Gasteiger partial charge in [0.1, 0.15) is 22.2 Å². The summed E-state index contributed by atoms with van der Waals surface area (Å²) in [4.78, 5) is 2.42. The highest BCUT2D eigenvalue weighted by Gasteiger charge is 2.24. The van der Waals surface area contributed by atoms with Crippen LogP contribution in [-0.4, -0.2) is 18.3 Å². The number of fused-ring (bicyclic) bond motifs is 12. The number of para-hydroxylation sites is 9. The van der Waals surface area contributed by atoms with Gasteiger partial charge in [0.15, 0.2) is 0 Å². The van der Waals surface area contributed by atoms with Crippen molar-refractivity contribution in [2.75, 3.05) is 10.2 Å². The molecule has 4 aromatic heterocycles. The van der Waals surface area contributed by atoms with Gasteiger partial charge in [-0.3, -0.25) is 0 Å². The number of hydrogen-bond donors (Lipinski definition) is 1. The normalized spacial score (nSPS) is 11.8. The largest absolute Gasteiger partial charge is 0.554 e. The highest BCUT2D eigenvalue weighted by Crippen LogP contribution is 2.60. The lowest BCUT2D eigenvalue weighted by molar-refractivity contribution is 1.18. The number of rotatable bonds is 13. The van der Waals surface area contributed by atoms with Crippen LogP contribution in [0.3, 0.4) is 0 Å². The fraction of sp³-hybridized carbons (Fsp3) is 0. The number of nitrogens with one attached hydrogen (secondary N) is 1. The first-order valence-corrected chi connectivity index (χ1v) is 46.1. The monoisotopic (exact) mass is 1660 g/mol. The van der Waals surface area contributed by atoms with E-state index in [0.717, 1.165) is 60.9 Å². The molecule has 0 bridgehead atoms. The van der Waals surface area contributed by atoms with E-state index >= 15 is 0 Å². The molecule has 0 saturated carbocycles. The van der Waals surface area contributed by atoms with Gasteiger partial charge in [0.25, 0.3) is 0 Å². The Labute approximate surface area is 709 Å². The second-order valence-electron chi connectivity index (χ2n) is 29.3. The van der Waals surface area contributed by atoms with E-state index in [4.69, 9.17) is 0 Å². The van der Waals surface area contributed by atoms with Gasteiger partial charge in [-0.15, -0.1) is 0 Å². The number of benzene rings is 17. The standard InChI is InChI=1S/C54H37N3.C30H22N2.C24H15BrN.H4P4/c1-4-16-38(17-5-1)39-28-31-43(32-29-39)55(44-33-35-49-47-24-12-15-27-52(47)57(54(49)37-44)42-20-8-3-9-21-42)50-25-13-10-22-45(50)40-30-34-48-46-23-11-14-26-51(46)56(53(48)36-40)41-18-6-2-7-19-41;1-3-9-22(10-4-1)23-15-17-24(18-16-23)31-25-19-20-28-27-13-7-8-14-29(27)32(30(28)21-25)26-11-5-2-6-12-26;25-22-12-6-4-10-19(22)17-14-15-21-20-11-5-7-13-23(20)26(24(21)16-17)18-8-2-1-3-9-18;1-4(2)3/h1-37H;1-21,31H;1-5,7-16H;1-2H,3H2/q;;+1;-2. The lowest BCUT2D eigenvalue weighted by Gasteiger charge is -2.28. The van der Waals surface area contributed by atoms with Gasteiger partial charge >= 0.3 is 0 Å². The molecule has 1 atom stereocenters. The number of hydrogen-bond acceptors (Lipinski definition) is 2. The topological polar surface area (TPSA) is 35.0 Å². The SMILES string of the molecule is BrC1=C(c2ccc3c4ccccc4n(-c4ccccc4)c3c2)C=C[C+]=C1.[PH-]P([PH-])P.c1ccc(-c2ccc(N(c3ccc4c5ccccc5n(-c5ccccc5)c4c3)c3ccccc3-c3ccc4c5ccccc5n(-c5ccccc5)c4c3)cc2)cc1.c1ccc(-c2ccc(Nc3ccc4c5ccccc5n(-c5ccccc5)c4c3)cc2)cc1. The first-order chi connectivity index (χ1) is 58.7. The predicted molar refractivity (Wildman–Crippen MR) is 523 cm³/mol. The van der Waals surface area contributed by atoms with Crippen molar-refractivity contribution in [3.8, 4) is 56.1 Å². The summed E-state index contributed by atoms with van der Waals surface area (Å²) in [5, 5.41) is 13.6. The van der Waals surface area contributed by atoms with Gasteiger partial charge in [-0.05, 0) is 167 Å². The van der Waals surface area contributed by atoms with E-state index in [1.54, 1.807) is 0 Å². The smallest absolute Gasteiger partial charge is 0.137 e. The molecule has 6 nitrogen and oxygen atoms in total. The maximum atomic E-state index is 3.66. The molecule has 1 aliphatic carbocycles. The van der Waals surface area contributed by atoms with Gasteiger partial charge in [-0.2, -0.15) is 8.93 Å². The summed E-state index contributed by atoms with van der Waals surface area (Å²) in [5.41, 5.74) is 29.2. The second kappa shape index (κ2) is 34.2. The Morgan fingerprint density at radius 3 is 1.04 bits per heavy atom. The van der Waals surface area contributed by atoms with E-state index in [-0.39, 0.29) is 6.99 Å². The Bertz CT molecular complexity index is 7340. The van der Waals surface area contributed by atoms with Gasteiger partial charge in [0.2, 0.25) is 0 Å². The molecule has 1 N–H and O–H groups in total. The molecule has 11 heteroatoms. The molecule has 0 radical (unpaired) electrons. The number of nitrogens with zero attached hydrogens (tertiary/aromatic N) is 5. The van der Waals surface area contributed by atoms with E-state index < -0.39 is 0 Å². The van der Waals surface area contributed by atoms with Gasteiger partial charge < -0.3 is 53.3 Å². The molecule has 4 heterocycles. The summed E-state index contributed by atoms with van der Waals surface area (Å²) in [6, 6.07) is 152. The van der Waals surface area contributed by atoms with Crippen molar-refractivity contribution >= 4 is 171 Å². The highest BCUT2D eigenvalue weighted by molar-refractivity contribution is 9.12. The van der Waals surface area contributed by atoms with E-state index in [1.165, 1.54) is 126 Å². The van der Waals surface area contributed by atoms with E-state index in [9.17, 15) is 0 Å². The lowest BCUT2D eigenvalue weighted by atomic mass is 9.99. The molecule has 0 amide bonds. The Balaban J connectivity index is 0.000000127. The van der Waals surface area contributed by atoms with Crippen LogP contribution in [0.25, 0.3) is 149 Å². The van der Waals surface area contributed by atoms with Crippen molar-refractivity contribution in [1.29, 1.82) is 0 Å². The number of aromatic nitrogens is 4. The van der Waals surface area contributed by atoms with Crippen LogP contribution in [0.15, 0.2) is 447 Å². The maximum Gasteiger partial charge on any atom is 0.137 e. The molecule has 22 rings (SSSR count). The average Bonchev–Trinajstić information content (AvgIpc) is 1.60. The zero-order valence-corrected chi connectivity index (χ0v) is 70.4. The number of anilines is 5. The van der Waals surface area contributed by atoms with Crippen LogP contribution >= 0.6 is 49.7 Å². The van der Waals surface area contributed by atoms with Gasteiger partial charge in [-0.1, -0.05) is 285 Å². The first-order valence-electron chi connectivity index (χ1n) is 39.7. The van der Waals surface area contributed by atoms with Crippen molar-refractivity contribution in [3.63, 3.8) is 0 Å². The third kappa shape index (κ3) is 15.4. The molecular weight excluding hydrogens is 1590 g/mol. The van der Waals surface area contributed by atoms with Crippen molar-refractivity contribution in [3.05, 3.63) is 459 Å². The molecular formula is C108H78BrN6P4-. The van der Waals surface area contributed by atoms with Crippen molar-refractivity contribution in [2.24, 2.45) is 0 Å². The summed E-state index contributed by atoms with van der Waals surface area (Å²) in [6.07, 6.45) is 9.13. The van der Waals surface area contributed by atoms with Crippen LogP contribution in [0.2, 0.25) is 0 Å². The van der Waals surface area contributed by atoms with Gasteiger partial charge in [0, 0.05) is 122 Å². The Morgan fingerprint density at radius 2 is 0.597 bits per heavy atom. The predicted octanol–water partition coefficient (Wildman–Crippen LogP) is 32.1. The lowest BCUT2D eigenvalue weighted by Crippen LogP contribution is -2.11. The fourth-order valence-corrected chi connectivity index (χ4v) is 17.3. The van der Waals surface area contributed by atoms with Crippen molar-refractivity contribution in [2.45, 2.75) is 0 Å². The minimum atomic E-state index is -0.0926. The third-order valence-electron chi connectivity index (χ3n) is 22.1. The average molecular weight is 1660 g/mol. The van der Waals surface area contributed by atoms with Crippen LogP contribution < -0.4 is 10.2 Å². The van der Waals surface area contributed by atoms with Gasteiger partial charge in [-0.25, -0.2) is 0 Å². The quantitative estimate of drug-likeness (QED) is 0.0922. The van der Waals surface area contributed by atoms with Crippen LogP contribution in [0.4, 0.5) is 28.4 Å². The number of halogens is 1. The highest BCUT2D eigenvalue weighted by atomic mass is 79.9. The summed E-state index contributed by atoms with van der Waals surface area (Å²) in [7, 11) is 9.06. The second-order valence-corrected chi connectivity index (χ2v) is 39.7. The molecule has 0 saturated heterocycles. The molecule has 568 valence electrons. The molecule has 17 aromatic carbocycles. The maximum absolute atomic E-state index is 3.66. The minimum absolute atomic E-state index is 0.0926. The van der Waals surface area contributed by atoms with Crippen molar-refractivity contribution in [1.82, 2.24) is 18.3 Å². The van der Waals surface area contributed by atoms with Gasteiger partial charge in [0.05, 0.1) is 55.9 Å². The summed E-state index contributed by atoms with van der Waals surface area (Å²) in [5.74, 6) is 0. The molecule has 119 heavy (non-hydrogen) atoms. The van der Waals surface area contributed by atoms with E-state index in [0.29, 0.717) is 0 Å². The Hall–Kier alpha value is -13.1. The molecule has 0 spiro atoms. The molecule has 21 aromatic rings.